The first-order chi connectivity index (χ1) is 7.97. The highest BCUT2D eigenvalue weighted by Crippen LogP contribution is 2.14. The third-order valence-corrected chi connectivity index (χ3v) is 2.46. The van der Waals surface area contributed by atoms with Gasteiger partial charge in [0.25, 0.3) is 0 Å². The number of hydrogen-bond acceptors (Lipinski definition) is 3. The summed E-state index contributed by atoms with van der Waals surface area (Å²) in [5.41, 5.74) is 0. The highest BCUT2D eigenvalue weighted by Gasteiger charge is 2.27. The molecule has 0 radical (unpaired) electrons. The van der Waals surface area contributed by atoms with Gasteiger partial charge in [-0.05, 0) is 19.4 Å². The normalized spacial score (nSPS) is 21.2. The highest BCUT2D eigenvalue weighted by molar-refractivity contribution is 5.77. The van der Waals surface area contributed by atoms with E-state index in [1.54, 1.807) is 0 Å². The quantitative estimate of drug-likeness (QED) is 0.764. The molecule has 4 nitrogen and oxygen atoms in total. The second-order valence-electron chi connectivity index (χ2n) is 4.06. The van der Waals surface area contributed by atoms with Crippen molar-refractivity contribution in [3.05, 3.63) is 0 Å². The van der Waals surface area contributed by atoms with E-state index in [1.807, 2.05) is 0 Å². The lowest BCUT2D eigenvalue weighted by Gasteiger charge is -2.23. The van der Waals surface area contributed by atoms with Crippen molar-refractivity contribution in [1.29, 1.82) is 0 Å². The van der Waals surface area contributed by atoms with Gasteiger partial charge in [-0.25, -0.2) is 0 Å². The average molecular weight is 254 g/mol. The van der Waals surface area contributed by atoms with Gasteiger partial charge in [0.1, 0.15) is 13.2 Å². The standard InChI is InChI=1S/C10H17F3N2O2/c11-10(12,13)7-17-6-9(16)15-5-8-3-1-2-4-14-8/h8,14H,1-7H2,(H,15,16). The van der Waals surface area contributed by atoms with Gasteiger partial charge in [0, 0.05) is 12.6 Å². The summed E-state index contributed by atoms with van der Waals surface area (Å²) in [5, 5.41) is 5.76. The van der Waals surface area contributed by atoms with E-state index >= 15 is 0 Å². The molecule has 1 saturated heterocycles. The molecule has 0 bridgehead atoms. The Kier molecular flexibility index (Phi) is 5.70. The van der Waals surface area contributed by atoms with Crippen LogP contribution in [0.3, 0.4) is 0 Å². The molecule has 0 aromatic carbocycles. The third kappa shape index (κ3) is 7.17. The van der Waals surface area contributed by atoms with Gasteiger partial charge in [0.2, 0.25) is 5.91 Å². The number of amides is 1. The molecule has 100 valence electrons. The maximum atomic E-state index is 11.7. The number of nitrogens with one attached hydrogen (secondary N) is 2. The number of halogens is 3. The van der Waals surface area contributed by atoms with E-state index in [1.165, 1.54) is 0 Å². The zero-order valence-corrected chi connectivity index (χ0v) is 9.48. The molecular weight excluding hydrogens is 237 g/mol. The second-order valence-corrected chi connectivity index (χ2v) is 4.06. The lowest BCUT2D eigenvalue weighted by atomic mass is 10.1. The fraction of sp³-hybridized carbons (Fsp3) is 0.900. The van der Waals surface area contributed by atoms with Crippen LogP contribution in [-0.4, -0.2) is 44.4 Å². The maximum absolute atomic E-state index is 11.7. The van der Waals surface area contributed by atoms with Crippen molar-refractivity contribution in [3.63, 3.8) is 0 Å². The van der Waals surface area contributed by atoms with Crippen molar-refractivity contribution in [2.24, 2.45) is 0 Å². The summed E-state index contributed by atoms with van der Waals surface area (Å²) in [6.45, 7) is -0.576. The van der Waals surface area contributed by atoms with Crippen molar-refractivity contribution in [2.45, 2.75) is 31.5 Å². The first-order valence-electron chi connectivity index (χ1n) is 5.62. The SMILES string of the molecule is O=C(COCC(F)(F)F)NCC1CCCCN1. The Balaban J connectivity index is 2.04. The van der Waals surface area contributed by atoms with E-state index in [2.05, 4.69) is 15.4 Å². The largest absolute Gasteiger partial charge is 0.411 e. The van der Waals surface area contributed by atoms with Gasteiger partial charge in [0.15, 0.2) is 0 Å². The van der Waals surface area contributed by atoms with Crippen molar-refractivity contribution in [3.8, 4) is 0 Å². The lowest BCUT2D eigenvalue weighted by Crippen LogP contribution is -2.44. The molecule has 0 saturated carbocycles. The van der Waals surface area contributed by atoms with Crippen molar-refractivity contribution in [2.75, 3.05) is 26.3 Å². The van der Waals surface area contributed by atoms with Gasteiger partial charge in [-0.2, -0.15) is 13.2 Å². The smallest absolute Gasteiger partial charge is 0.362 e. The molecule has 17 heavy (non-hydrogen) atoms. The summed E-state index contributed by atoms with van der Waals surface area (Å²) in [7, 11) is 0. The Morgan fingerprint density at radius 1 is 1.41 bits per heavy atom. The summed E-state index contributed by atoms with van der Waals surface area (Å²) in [4.78, 5) is 11.1. The van der Waals surface area contributed by atoms with Crippen molar-refractivity contribution >= 4 is 5.91 Å². The van der Waals surface area contributed by atoms with Crippen LogP contribution in [0.2, 0.25) is 0 Å². The van der Waals surface area contributed by atoms with Crippen LogP contribution >= 0.6 is 0 Å². The van der Waals surface area contributed by atoms with Crippen molar-refractivity contribution < 1.29 is 22.7 Å². The van der Waals surface area contributed by atoms with Crippen LogP contribution in [0.5, 0.6) is 0 Å². The molecule has 0 spiro atoms. The number of rotatable bonds is 5. The molecule has 1 aliphatic rings. The number of carbonyl (C=O) groups excluding carboxylic acids is 1. The number of ether oxygens (including phenoxy) is 1. The number of piperidine rings is 1. The summed E-state index contributed by atoms with van der Waals surface area (Å²) in [5.74, 6) is -0.512. The summed E-state index contributed by atoms with van der Waals surface area (Å²) < 4.78 is 39.4. The number of carbonyl (C=O) groups is 1. The predicted molar refractivity (Wildman–Crippen MR) is 55.5 cm³/mol. The third-order valence-electron chi connectivity index (χ3n) is 2.46. The Bertz CT molecular complexity index is 240. The fourth-order valence-corrected chi connectivity index (χ4v) is 1.65. The molecule has 1 rings (SSSR count). The molecule has 1 fully saturated rings. The maximum Gasteiger partial charge on any atom is 0.411 e. The number of alkyl halides is 3. The van der Waals surface area contributed by atoms with E-state index in [9.17, 15) is 18.0 Å². The molecule has 7 heteroatoms. The molecule has 0 aliphatic carbocycles. The fourth-order valence-electron chi connectivity index (χ4n) is 1.65. The van der Waals surface area contributed by atoms with Crippen LogP contribution in [0, 0.1) is 0 Å². The zero-order valence-electron chi connectivity index (χ0n) is 9.48. The van der Waals surface area contributed by atoms with Gasteiger partial charge in [-0.3, -0.25) is 4.79 Å². The average Bonchev–Trinajstić information content (AvgIpc) is 2.26. The molecule has 1 aliphatic heterocycles. The van der Waals surface area contributed by atoms with E-state index in [0.29, 0.717) is 6.54 Å². The monoisotopic (exact) mass is 254 g/mol. The van der Waals surface area contributed by atoms with Crippen LogP contribution in [0.25, 0.3) is 0 Å². The van der Waals surface area contributed by atoms with Gasteiger partial charge >= 0.3 is 6.18 Å². The summed E-state index contributed by atoms with van der Waals surface area (Å²) in [6.07, 6.45) is -1.17. The Hall–Kier alpha value is -0.820. The van der Waals surface area contributed by atoms with Gasteiger partial charge in [-0.15, -0.1) is 0 Å². The molecule has 1 amide bonds. The summed E-state index contributed by atoms with van der Waals surface area (Å²) >= 11 is 0. The van der Waals surface area contributed by atoms with Gasteiger partial charge < -0.3 is 15.4 Å². The summed E-state index contributed by atoms with van der Waals surface area (Å²) in [6, 6.07) is 0.218. The topological polar surface area (TPSA) is 50.4 Å². The second kappa shape index (κ2) is 6.80. The first-order valence-corrected chi connectivity index (χ1v) is 5.62. The molecule has 2 N–H and O–H groups in total. The minimum atomic E-state index is -4.38. The number of hydrogen-bond donors (Lipinski definition) is 2. The van der Waals surface area contributed by atoms with E-state index in [0.717, 1.165) is 25.8 Å². The van der Waals surface area contributed by atoms with E-state index in [-0.39, 0.29) is 6.04 Å². The first kappa shape index (κ1) is 14.2. The van der Waals surface area contributed by atoms with Crippen LogP contribution in [0.1, 0.15) is 19.3 Å². The Morgan fingerprint density at radius 2 is 2.18 bits per heavy atom. The van der Waals surface area contributed by atoms with E-state index < -0.39 is 25.3 Å². The molecule has 1 atom stereocenters. The van der Waals surface area contributed by atoms with Crippen LogP contribution in [0.15, 0.2) is 0 Å². The van der Waals surface area contributed by atoms with Crippen LogP contribution < -0.4 is 10.6 Å². The minimum Gasteiger partial charge on any atom is -0.362 e. The van der Waals surface area contributed by atoms with Crippen molar-refractivity contribution in [1.82, 2.24) is 10.6 Å². The molecule has 0 aromatic rings. The van der Waals surface area contributed by atoms with E-state index in [4.69, 9.17) is 0 Å². The Labute approximate surface area is 97.9 Å². The molecule has 0 aromatic heterocycles. The van der Waals surface area contributed by atoms with Crippen LogP contribution in [-0.2, 0) is 9.53 Å². The molecular formula is C10H17F3N2O2. The minimum absolute atomic E-state index is 0.218. The molecule has 1 heterocycles. The van der Waals surface area contributed by atoms with Crippen LogP contribution in [0.4, 0.5) is 13.2 Å². The lowest BCUT2D eigenvalue weighted by molar-refractivity contribution is -0.175. The zero-order chi connectivity index (χ0) is 12.7. The Morgan fingerprint density at radius 3 is 2.76 bits per heavy atom. The predicted octanol–water partition coefficient (Wildman–Crippen LogP) is 0.824. The van der Waals surface area contributed by atoms with Gasteiger partial charge in [-0.1, -0.05) is 6.42 Å². The van der Waals surface area contributed by atoms with Gasteiger partial charge in [0.05, 0.1) is 0 Å². The molecule has 1 unspecified atom stereocenters. The highest BCUT2D eigenvalue weighted by atomic mass is 19.4.